The predicted molar refractivity (Wildman–Crippen MR) is 105 cm³/mol. The molecule has 138 valence electrons. The van der Waals surface area contributed by atoms with E-state index in [1.807, 2.05) is 14.0 Å². The predicted octanol–water partition coefficient (Wildman–Crippen LogP) is 2.25. The van der Waals surface area contributed by atoms with Crippen LogP contribution in [0.25, 0.3) is 0 Å². The molecule has 2 aromatic carbocycles. The number of amides is 2. The van der Waals surface area contributed by atoms with E-state index in [0.29, 0.717) is 5.69 Å². The molecule has 0 saturated heterocycles. The number of likely N-dealkylation sites (N-methyl/N-ethyl adjacent to an activating group) is 1. The molecule has 2 atom stereocenters. The molecule has 0 aliphatic carbocycles. The fourth-order valence-corrected chi connectivity index (χ4v) is 2.68. The van der Waals surface area contributed by atoms with E-state index in [1.54, 1.807) is 24.3 Å². The summed E-state index contributed by atoms with van der Waals surface area (Å²) in [7, 11) is 2.03. The second kappa shape index (κ2) is 9.15. The number of carbonyl (C=O) groups is 2. The highest BCUT2D eigenvalue weighted by Gasteiger charge is 2.22. The Labute approximate surface area is 155 Å². The summed E-state index contributed by atoms with van der Waals surface area (Å²) in [5, 5.41) is 5.64. The number of anilines is 2. The minimum atomic E-state index is -0.184. The van der Waals surface area contributed by atoms with Gasteiger partial charge in [0.2, 0.25) is 5.91 Å². The van der Waals surface area contributed by atoms with E-state index in [2.05, 4.69) is 41.8 Å². The molecule has 1 unspecified atom stereocenters. The Morgan fingerprint density at radius 1 is 0.923 bits per heavy atom. The third kappa shape index (κ3) is 5.70. The lowest BCUT2D eigenvalue weighted by molar-refractivity contribution is -0.907. The molecule has 0 aliphatic heterocycles. The van der Waals surface area contributed by atoms with Gasteiger partial charge in [0, 0.05) is 23.9 Å². The average Bonchev–Trinajstić information content (AvgIpc) is 2.62. The second-order valence-corrected chi connectivity index (χ2v) is 6.66. The number of nitrogens with one attached hydrogen (secondary N) is 3. The van der Waals surface area contributed by atoms with Crippen LogP contribution in [0.4, 0.5) is 11.4 Å². The van der Waals surface area contributed by atoms with Crippen molar-refractivity contribution in [3.63, 3.8) is 0 Å². The van der Waals surface area contributed by atoms with Crippen LogP contribution < -0.4 is 15.5 Å². The second-order valence-electron chi connectivity index (χ2n) is 6.66. The molecule has 5 heteroatoms. The van der Waals surface area contributed by atoms with Gasteiger partial charge in [0.1, 0.15) is 6.54 Å². The Balaban J connectivity index is 1.91. The van der Waals surface area contributed by atoms with Crippen LogP contribution in [0.3, 0.4) is 0 Å². The van der Waals surface area contributed by atoms with E-state index in [9.17, 15) is 9.59 Å². The Kier molecular flexibility index (Phi) is 6.92. The standard InChI is InChI=1S/C21H27N3O2/c1-5-17-6-8-18(9-7-17)14-24(4)15(2)21(26)23-20-12-10-19(11-13-20)22-16(3)25/h6-13,15H,5,14H2,1-4H3,(H,22,25)(H,23,26)/p+1/t15-/m1/s1. The number of hydrogen-bond donors (Lipinski definition) is 3. The highest BCUT2D eigenvalue weighted by atomic mass is 16.2. The zero-order valence-electron chi connectivity index (χ0n) is 15.9. The molecule has 0 radical (unpaired) electrons. The Bertz CT molecular complexity index is 739. The molecule has 3 N–H and O–H groups in total. The Hall–Kier alpha value is -2.66. The monoisotopic (exact) mass is 354 g/mol. The summed E-state index contributed by atoms with van der Waals surface area (Å²) in [5.41, 5.74) is 3.97. The smallest absolute Gasteiger partial charge is 0.282 e. The van der Waals surface area contributed by atoms with Gasteiger partial charge < -0.3 is 15.5 Å². The van der Waals surface area contributed by atoms with Gasteiger partial charge in [-0.2, -0.15) is 0 Å². The van der Waals surface area contributed by atoms with Crippen molar-refractivity contribution in [1.29, 1.82) is 0 Å². The Morgan fingerprint density at radius 3 is 1.92 bits per heavy atom. The lowest BCUT2D eigenvalue weighted by Gasteiger charge is -2.21. The van der Waals surface area contributed by atoms with Crippen LogP contribution in [0.1, 0.15) is 31.9 Å². The lowest BCUT2D eigenvalue weighted by atomic mass is 10.1. The van der Waals surface area contributed by atoms with Crippen LogP contribution in [0.15, 0.2) is 48.5 Å². The van der Waals surface area contributed by atoms with Crippen LogP contribution in [0, 0.1) is 0 Å². The first-order chi connectivity index (χ1) is 12.4. The van der Waals surface area contributed by atoms with Crippen molar-refractivity contribution in [2.75, 3.05) is 17.7 Å². The third-order valence-electron chi connectivity index (χ3n) is 4.52. The highest BCUT2D eigenvalue weighted by Crippen LogP contribution is 2.13. The molecule has 0 spiro atoms. The van der Waals surface area contributed by atoms with Crippen LogP contribution in [-0.2, 0) is 22.6 Å². The third-order valence-corrected chi connectivity index (χ3v) is 4.52. The molecule has 0 aromatic heterocycles. The van der Waals surface area contributed by atoms with E-state index in [-0.39, 0.29) is 17.9 Å². The summed E-state index contributed by atoms with van der Waals surface area (Å²) >= 11 is 0. The summed E-state index contributed by atoms with van der Waals surface area (Å²) < 4.78 is 0. The normalized spacial score (nSPS) is 12.9. The molecular formula is C21H28N3O2+. The molecule has 0 fully saturated rings. The first-order valence-electron chi connectivity index (χ1n) is 8.97. The number of rotatable bonds is 7. The largest absolute Gasteiger partial charge is 0.326 e. The summed E-state index contributed by atoms with van der Waals surface area (Å²) in [5.74, 6) is -0.146. The van der Waals surface area contributed by atoms with Crippen molar-refractivity contribution in [1.82, 2.24) is 0 Å². The number of quaternary nitrogens is 1. The van der Waals surface area contributed by atoms with E-state index in [0.717, 1.165) is 23.6 Å². The molecule has 0 aliphatic rings. The van der Waals surface area contributed by atoms with E-state index in [1.165, 1.54) is 18.1 Å². The van der Waals surface area contributed by atoms with Gasteiger partial charge in [0.25, 0.3) is 5.91 Å². The summed E-state index contributed by atoms with van der Waals surface area (Å²) in [4.78, 5) is 24.7. The lowest BCUT2D eigenvalue weighted by Crippen LogP contribution is -3.12. The van der Waals surface area contributed by atoms with Crippen molar-refractivity contribution >= 4 is 23.2 Å². The van der Waals surface area contributed by atoms with Gasteiger partial charge in [0.05, 0.1) is 7.05 Å². The molecule has 0 saturated carbocycles. The molecule has 0 heterocycles. The number of carbonyl (C=O) groups excluding carboxylic acids is 2. The van der Waals surface area contributed by atoms with Gasteiger partial charge >= 0.3 is 0 Å². The Morgan fingerprint density at radius 2 is 1.42 bits per heavy atom. The zero-order chi connectivity index (χ0) is 19.1. The maximum atomic E-state index is 12.5. The zero-order valence-corrected chi connectivity index (χ0v) is 15.9. The number of aryl methyl sites for hydroxylation is 1. The van der Waals surface area contributed by atoms with Crippen molar-refractivity contribution in [2.24, 2.45) is 0 Å². The van der Waals surface area contributed by atoms with Crippen molar-refractivity contribution < 1.29 is 14.5 Å². The SMILES string of the molecule is CCc1ccc(C[NH+](C)[C@H](C)C(=O)Nc2ccc(NC(C)=O)cc2)cc1. The summed E-state index contributed by atoms with van der Waals surface area (Å²) in [6.45, 7) is 6.32. The van der Waals surface area contributed by atoms with Gasteiger partial charge in [-0.3, -0.25) is 9.59 Å². The summed E-state index contributed by atoms with van der Waals surface area (Å²) in [6.07, 6.45) is 1.03. The van der Waals surface area contributed by atoms with Crippen molar-refractivity contribution in [3.8, 4) is 0 Å². The number of benzene rings is 2. The molecule has 2 amide bonds. The van der Waals surface area contributed by atoms with Crippen LogP contribution in [0.2, 0.25) is 0 Å². The van der Waals surface area contributed by atoms with Crippen molar-refractivity contribution in [3.05, 3.63) is 59.7 Å². The van der Waals surface area contributed by atoms with Gasteiger partial charge in [-0.15, -0.1) is 0 Å². The fourth-order valence-electron chi connectivity index (χ4n) is 2.68. The van der Waals surface area contributed by atoms with E-state index < -0.39 is 0 Å². The van der Waals surface area contributed by atoms with Crippen LogP contribution in [0.5, 0.6) is 0 Å². The topological polar surface area (TPSA) is 62.6 Å². The van der Waals surface area contributed by atoms with Gasteiger partial charge in [0.15, 0.2) is 6.04 Å². The minimum Gasteiger partial charge on any atom is -0.326 e. The molecule has 0 bridgehead atoms. The van der Waals surface area contributed by atoms with Gasteiger partial charge in [-0.25, -0.2) is 0 Å². The average molecular weight is 354 g/mol. The molecule has 2 rings (SSSR count). The molecular weight excluding hydrogens is 326 g/mol. The first-order valence-corrected chi connectivity index (χ1v) is 8.97. The van der Waals surface area contributed by atoms with Gasteiger partial charge in [-0.1, -0.05) is 31.2 Å². The van der Waals surface area contributed by atoms with Crippen molar-refractivity contribution in [2.45, 2.75) is 39.8 Å². The van der Waals surface area contributed by atoms with Gasteiger partial charge in [-0.05, 0) is 43.2 Å². The van der Waals surface area contributed by atoms with Crippen LogP contribution >= 0.6 is 0 Å². The maximum Gasteiger partial charge on any atom is 0.282 e. The summed E-state index contributed by atoms with van der Waals surface area (Å²) in [6, 6.07) is 15.5. The quantitative estimate of drug-likeness (QED) is 0.714. The molecule has 26 heavy (non-hydrogen) atoms. The highest BCUT2D eigenvalue weighted by molar-refractivity contribution is 5.94. The van der Waals surface area contributed by atoms with E-state index >= 15 is 0 Å². The van der Waals surface area contributed by atoms with Crippen LogP contribution in [-0.4, -0.2) is 24.9 Å². The fraction of sp³-hybridized carbons (Fsp3) is 0.333. The molecule has 5 nitrogen and oxygen atoms in total. The molecule has 2 aromatic rings. The number of hydrogen-bond acceptors (Lipinski definition) is 2. The maximum absolute atomic E-state index is 12.5. The minimum absolute atomic E-state index is 0.0278. The first kappa shape index (κ1) is 19.7. The van der Waals surface area contributed by atoms with E-state index in [4.69, 9.17) is 0 Å².